The van der Waals surface area contributed by atoms with Crippen LogP contribution in [0.5, 0.6) is 0 Å². The van der Waals surface area contributed by atoms with Crippen LogP contribution in [0.1, 0.15) is 42.9 Å². The van der Waals surface area contributed by atoms with Crippen molar-refractivity contribution >= 4 is 11.9 Å². The maximum Gasteiger partial charge on any atom is 0.305 e. The summed E-state index contributed by atoms with van der Waals surface area (Å²) in [5.41, 5.74) is 3.88. The fourth-order valence-electron chi connectivity index (χ4n) is 2.68. The number of rotatable bonds is 7. The molecule has 1 aromatic rings. The van der Waals surface area contributed by atoms with Gasteiger partial charge in [-0.25, -0.2) is 0 Å². The van der Waals surface area contributed by atoms with Gasteiger partial charge in [0, 0.05) is 13.0 Å². The number of carbonyl (C=O) groups excluding carboxylic acids is 2. The zero-order chi connectivity index (χ0) is 15.1. The molecule has 1 N–H and O–H groups in total. The highest BCUT2D eigenvalue weighted by Gasteiger charge is 2.12. The summed E-state index contributed by atoms with van der Waals surface area (Å²) in [6.45, 7) is 2.71. The summed E-state index contributed by atoms with van der Waals surface area (Å²) in [5.74, 6) is -0.192. The van der Waals surface area contributed by atoms with Crippen molar-refractivity contribution in [2.45, 2.75) is 45.4 Å². The summed E-state index contributed by atoms with van der Waals surface area (Å²) in [4.78, 5) is 23.0. The Labute approximate surface area is 125 Å². The highest BCUT2D eigenvalue weighted by Crippen LogP contribution is 2.22. The van der Waals surface area contributed by atoms with Gasteiger partial charge < -0.3 is 10.1 Å². The molecule has 4 nitrogen and oxygen atoms in total. The van der Waals surface area contributed by atoms with E-state index in [2.05, 4.69) is 17.4 Å². The van der Waals surface area contributed by atoms with Crippen molar-refractivity contribution < 1.29 is 14.3 Å². The number of fused-ring (bicyclic) bond motifs is 1. The topological polar surface area (TPSA) is 55.4 Å². The standard InChI is InChI=1S/C17H23NO3/c1-2-21-17(20)7-4-10-18-16(19)12-13-8-9-14-5-3-6-15(14)11-13/h8-9,11H,2-7,10,12H2,1H3,(H,18,19). The first kappa shape index (κ1) is 15.5. The molecule has 0 aromatic heterocycles. The van der Waals surface area contributed by atoms with E-state index in [1.165, 1.54) is 17.5 Å². The van der Waals surface area contributed by atoms with Crippen LogP contribution in [0.25, 0.3) is 0 Å². The zero-order valence-corrected chi connectivity index (χ0v) is 12.6. The number of aryl methyl sites for hydroxylation is 2. The van der Waals surface area contributed by atoms with E-state index >= 15 is 0 Å². The molecule has 114 valence electrons. The number of esters is 1. The van der Waals surface area contributed by atoms with Crippen LogP contribution in [0.3, 0.4) is 0 Å². The van der Waals surface area contributed by atoms with Crippen LogP contribution in [0, 0.1) is 0 Å². The Kier molecular flexibility index (Phi) is 5.78. The van der Waals surface area contributed by atoms with Crippen molar-refractivity contribution in [3.63, 3.8) is 0 Å². The second-order valence-corrected chi connectivity index (χ2v) is 5.39. The summed E-state index contributed by atoms with van der Waals surface area (Å²) < 4.78 is 4.84. The number of ether oxygens (including phenoxy) is 1. The van der Waals surface area contributed by atoms with Gasteiger partial charge in [-0.15, -0.1) is 0 Å². The minimum Gasteiger partial charge on any atom is -0.466 e. The fourth-order valence-corrected chi connectivity index (χ4v) is 2.68. The lowest BCUT2D eigenvalue weighted by Crippen LogP contribution is -2.26. The number of benzene rings is 1. The Bertz CT molecular complexity index is 511. The van der Waals surface area contributed by atoms with Gasteiger partial charge in [-0.05, 0) is 49.3 Å². The van der Waals surface area contributed by atoms with Crippen molar-refractivity contribution in [1.82, 2.24) is 5.32 Å². The van der Waals surface area contributed by atoms with Gasteiger partial charge in [-0.2, -0.15) is 0 Å². The summed E-state index contributed by atoms with van der Waals surface area (Å²) in [6.07, 6.45) is 4.90. The van der Waals surface area contributed by atoms with Gasteiger partial charge in [0.05, 0.1) is 13.0 Å². The minimum atomic E-state index is -0.203. The molecule has 0 radical (unpaired) electrons. The molecule has 0 fully saturated rings. The third-order valence-electron chi connectivity index (χ3n) is 3.71. The quantitative estimate of drug-likeness (QED) is 0.618. The third-order valence-corrected chi connectivity index (χ3v) is 3.71. The lowest BCUT2D eigenvalue weighted by Gasteiger charge is -2.07. The highest BCUT2D eigenvalue weighted by molar-refractivity contribution is 5.78. The Morgan fingerprint density at radius 2 is 2.05 bits per heavy atom. The smallest absolute Gasteiger partial charge is 0.305 e. The van der Waals surface area contributed by atoms with Crippen molar-refractivity contribution in [1.29, 1.82) is 0 Å². The molecule has 1 aliphatic carbocycles. The molecule has 0 atom stereocenters. The summed E-state index contributed by atoms with van der Waals surface area (Å²) in [6, 6.07) is 6.34. The van der Waals surface area contributed by atoms with Crippen LogP contribution in [-0.4, -0.2) is 25.0 Å². The summed E-state index contributed by atoms with van der Waals surface area (Å²) >= 11 is 0. The van der Waals surface area contributed by atoms with E-state index in [-0.39, 0.29) is 11.9 Å². The molecular formula is C17H23NO3. The molecule has 0 saturated carbocycles. The van der Waals surface area contributed by atoms with Crippen molar-refractivity contribution in [3.8, 4) is 0 Å². The van der Waals surface area contributed by atoms with E-state index in [1.54, 1.807) is 6.92 Å². The Balaban J connectivity index is 1.69. The molecule has 0 aliphatic heterocycles. The molecule has 2 rings (SSSR count). The number of carbonyl (C=O) groups is 2. The summed E-state index contributed by atoms with van der Waals surface area (Å²) in [7, 11) is 0. The molecule has 0 heterocycles. The van der Waals surface area contributed by atoms with Gasteiger partial charge >= 0.3 is 5.97 Å². The number of hydrogen-bond acceptors (Lipinski definition) is 3. The molecule has 1 aliphatic rings. The van der Waals surface area contributed by atoms with Crippen LogP contribution in [-0.2, 0) is 33.6 Å². The highest BCUT2D eigenvalue weighted by atomic mass is 16.5. The average Bonchev–Trinajstić information content (AvgIpc) is 2.91. The average molecular weight is 289 g/mol. The predicted octanol–water partition coefficient (Wildman–Crippen LogP) is 2.18. The Hall–Kier alpha value is -1.84. The largest absolute Gasteiger partial charge is 0.466 e. The molecule has 1 amide bonds. The normalized spacial score (nSPS) is 12.8. The number of nitrogens with one attached hydrogen (secondary N) is 1. The van der Waals surface area contributed by atoms with E-state index in [1.807, 2.05) is 6.07 Å². The molecule has 1 aromatic carbocycles. The van der Waals surface area contributed by atoms with E-state index < -0.39 is 0 Å². The second kappa shape index (κ2) is 7.81. The first-order valence-electron chi connectivity index (χ1n) is 7.72. The van der Waals surface area contributed by atoms with Crippen LogP contribution in [0.2, 0.25) is 0 Å². The van der Waals surface area contributed by atoms with Gasteiger partial charge in [-0.1, -0.05) is 18.2 Å². The van der Waals surface area contributed by atoms with Gasteiger partial charge in [0.2, 0.25) is 5.91 Å². The predicted molar refractivity (Wildman–Crippen MR) is 81.0 cm³/mol. The molecule has 0 unspecified atom stereocenters. The SMILES string of the molecule is CCOC(=O)CCCNC(=O)Cc1ccc2c(c1)CCC2. The third kappa shape index (κ3) is 4.88. The molecule has 21 heavy (non-hydrogen) atoms. The van der Waals surface area contributed by atoms with Crippen LogP contribution in [0.4, 0.5) is 0 Å². The lowest BCUT2D eigenvalue weighted by atomic mass is 10.0. The van der Waals surface area contributed by atoms with E-state index in [0.29, 0.717) is 32.4 Å². The first-order valence-corrected chi connectivity index (χ1v) is 7.72. The van der Waals surface area contributed by atoms with Crippen LogP contribution in [0.15, 0.2) is 18.2 Å². The van der Waals surface area contributed by atoms with Crippen molar-refractivity contribution in [2.75, 3.05) is 13.2 Å². The van der Waals surface area contributed by atoms with Gasteiger partial charge in [0.1, 0.15) is 0 Å². The minimum absolute atomic E-state index is 0.0109. The zero-order valence-electron chi connectivity index (χ0n) is 12.6. The Morgan fingerprint density at radius 1 is 1.24 bits per heavy atom. The van der Waals surface area contributed by atoms with E-state index in [0.717, 1.165) is 18.4 Å². The maximum absolute atomic E-state index is 11.9. The van der Waals surface area contributed by atoms with Gasteiger partial charge in [0.15, 0.2) is 0 Å². The number of amides is 1. The van der Waals surface area contributed by atoms with E-state index in [4.69, 9.17) is 4.74 Å². The van der Waals surface area contributed by atoms with Crippen molar-refractivity contribution in [2.24, 2.45) is 0 Å². The second-order valence-electron chi connectivity index (χ2n) is 5.39. The molecule has 4 heteroatoms. The first-order chi connectivity index (χ1) is 10.2. The van der Waals surface area contributed by atoms with E-state index in [9.17, 15) is 9.59 Å². The van der Waals surface area contributed by atoms with Crippen molar-refractivity contribution in [3.05, 3.63) is 34.9 Å². The monoisotopic (exact) mass is 289 g/mol. The molecular weight excluding hydrogens is 266 g/mol. The molecule has 0 spiro atoms. The molecule has 0 saturated heterocycles. The van der Waals surface area contributed by atoms with Crippen LogP contribution < -0.4 is 5.32 Å². The lowest BCUT2D eigenvalue weighted by molar-refractivity contribution is -0.143. The number of hydrogen-bond donors (Lipinski definition) is 1. The van der Waals surface area contributed by atoms with Gasteiger partial charge in [-0.3, -0.25) is 9.59 Å². The fraction of sp³-hybridized carbons (Fsp3) is 0.529. The summed E-state index contributed by atoms with van der Waals surface area (Å²) in [5, 5.41) is 2.85. The van der Waals surface area contributed by atoms with Crippen LogP contribution >= 0.6 is 0 Å². The molecule has 0 bridgehead atoms. The van der Waals surface area contributed by atoms with Gasteiger partial charge in [0.25, 0.3) is 0 Å². The Morgan fingerprint density at radius 3 is 2.86 bits per heavy atom. The maximum atomic E-state index is 11.9.